The first-order valence-corrected chi connectivity index (χ1v) is 8.41. The standard InChI is InChI=1S/C16H30N2O3/c1-17-9-3-2-4-14(17)5-10-18-11-6-15(7-12-18)21-13-8-16(19)20/h14-15H,2-13H2,1H3,(H,19,20). The Bertz CT molecular complexity index is 317. The van der Waals surface area contributed by atoms with Gasteiger partial charge in [0.15, 0.2) is 0 Å². The van der Waals surface area contributed by atoms with E-state index in [9.17, 15) is 4.79 Å². The molecule has 0 aromatic carbocycles. The number of hydrogen-bond donors (Lipinski definition) is 1. The summed E-state index contributed by atoms with van der Waals surface area (Å²) >= 11 is 0. The smallest absolute Gasteiger partial charge is 0.305 e. The second-order valence-electron chi connectivity index (χ2n) is 6.47. The highest BCUT2D eigenvalue weighted by Gasteiger charge is 2.23. The van der Waals surface area contributed by atoms with Gasteiger partial charge < -0.3 is 19.6 Å². The van der Waals surface area contributed by atoms with Crippen LogP contribution in [0.25, 0.3) is 0 Å². The van der Waals surface area contributed by atoms with E-state index in [1.807, 2.05) is 0 Å². The van der Waals surface area contributed by atoms with Gasteiger partial charge in [0.05, 0.1) is 19.1 Å². The molecule has 2 saturated heterocycles. The van der Waals surface area contributed by atoms with Crippen molar-refractivity contribution in [2.45, 2.75) is 57.1 Å². The summed E-state index contributed by atoms with van der Waals surface area (Å²) in [5.74, 6) is -0.774. The molecular weight excluding hydrogens is 268 g/mol. The lowest BCUT2D eigenvalue weighted by atomic mass is 9.99. The fourth-order valence-corrected chi connectivity index (χ4v) is 3.45. The van der Waals surface area contributed by atoms with Crippen molar-refractivity contribution in [3.63, 3.8) is 0 Å². The molecule has 5 nitrogen and oxygen atoms in total. The number of aliphatic carboxylic acids is 1. The maximum absolute atomic E-state index is 10.5. The van der Waals surface area contributed by atoms with Crippen LogP contribution in [0.15, 0.2) is 0 Å². The Morgan fingerprint density at radius 1 is 1.19 bits per heavy atom. The third-order valence-electron chi connectivity index (χ3n) is 4.90. The predicted octanol–water partition coefficient (Wildman–Crippen LogP) is 1.82. The molecule has 2 rings (SSSR count). The van der Waals surface area contributed by atoms with Crippen LogP contribution in [-0.2, 0) is 9.53 Å². The second-order valence-corrected chi connectivity index (χ2v) is 6.47. The van der Waals surface area contributed by atoms with E-state index in [1.165, 1.54) is 38.8 Å². The van der Waals surface area contributed by atoms with E-state index in [4.69, 9.17) is 9.84 Å². The van der Waals surface area contributed by atoms with Gasteiger partial charge in [0, 0.05) is 19.1 Å². The third-order valence-corrected chi connectivity index (χ3v) is 4.90. The fourth-order valence-electron chi connectivity index (χ4n) is 3.45. The van der Waals surface area contributed by atoms with Crippen molar-refractivity contribution < 1.29 is 14.6 Å². The Labute approximate surface area is 128 Å². The highest BCUT2D eigenvalue weighted by molar-refractivity contribution is 5.66. The lowest BCUT2D eigenvalue weighted by Gasteiger charge is -2.36. The summed E-state index contributed by atoms with van der Waals surface area (Å²) in [6.07, 6.45) is 7.83. The van der Waals surface area contributed by atoms with Crippen LogP contribution in [0.2, 0.25) is 0 Å². The third kappa shape index (κ3) is 5.93. The Kier molecular flexibility index (Phi) is 6.93. The molecule has 2 aliphatic rings. The van der Waals surface area contributed by atoms with E-state index in [0.717, 1.165) is 32.0 Å². The van der Waals surface area contributed by atoms with Crippen LogP contribution in [-0.4, -0.2) is 72.9 Å². The van der Waals surface area contributed by atoms with Crippen LogP contribution in [0.5, 0.6) is 0 Å². The molecule has 2 aliphatic heterocycles. The second kappa shape index (κ2) is 8.71. The van der Waals surface area contributed by atoms with Gasteiger partial charge >= 0.3 is 5.97 Å². The molecular formula is C16H30N2O3. The van der Waals surface area contributed by atoms with Crippen molar-refractivity contribution in [3.8, 4) is 0 Å². The SMILES string of the molecule is CN1CCCCC1CCN1CCC(OCCC(=O)O)CC1. The lowest BCUT2D eigenvalue weighted by Crippen LogP contribution is -2.42. The highest BCUT2D eigenvalue weighted by atomic mass is 16.5. The molecule has 0 saturated carbocycles. The number of carbonyl (C=O) groups is 1. The van der Waals surface area contributed by atoms with Crippen LogP contribution < -0.4 is 0 Å². The molecule has 0 bridgehead atoms. The summed E-state index contributed by atoms with van der Waals surface area (Å²) in [6.45, 7) is 4.98. The molecule has 0 aliphatic carbocycles. The fraction of sp³-hybridized carbons (Fsp3) is 0.938. The van der Waals surface area contributed by atoms with Gasteiger partial charge in [-0.25, -0.2) is 0 Å². The van der Waals surface area contributed by atoms with Crippen LogP contribution in [0.3, 0.4) is 0 Å². The zero-order valence-corrected chi connectivity index (χ0v) is 13.3. The van der Waals surface area contributed by atoms with Crippen molar-refractivity contribution in [3.05, 3.63) is 0 Å². The first-order valence-electron chi connectivity index (χ1n) is 8.41. The summed E-state index contributed by atoms with van der Waals surface area (Å²) < 4.78 is 5.64. The molecule has 0 aromatic rings. The maximum atomic E-state index is 10.5. The molecule has 21 heavy (non-hydrogen) atoms. The minimum atomic E-state index is -0.774. The zero-order chi connectivity index (χ0) is 15.1. The highest BCUT2D eigenvalue weighted by Crippen LogP contribution is 2.20. The number of piperidine rings is 2. The number of rotatable bonds is 7. The summed E-state index contributed by atoms with van der Waals surface area (Å²) in [5, 5.41) is 8.61. The lowest BCUT2D eigenvalue weighted by molar-refractivity contribution is -0.138. The summed E-state index contributed by atoms with van der Waals surface area (Å²) in [5.41, 5.74) is 0. The van der Waals surface area contributed by atoms with Crippen LogP contribution >= 0.6 is 0 Å². The Morgan fingerprint density at radius 3 is 2.62 bits per heavy atom. The van der Waals surface area contributed by atoms with E-state index >= 15 is 0 Å². The zero-order valence-electron chi connectivity index (χ0n) is 13.3. The molecule has 1 unspecified atom stereocenters. The van der Waals surface area contributed by atoms with E-state index < -0.39 is 5.97 Å². The van der Waals surface area contributed by atoms with E-state index in [1.54, 1.807) is 0 Å². The van der Waals surface area contributed by atoms with E-state index in [0.29, 0.717) is 6.61 Å². The van der Waals surface area contributed by atoms with Crippen molar-refractivity contribution in [2.24, 2.45) is 0 Å². The molecule has 1 N–H and O–H groups in total. The quantitative estimate of drug-likeness (QED) is 0.777. The van der Waals surface area contributed by atoms with Crippen LogP contribution in [0, 0.1) is 0 Å². The summed E-state index contributed by atoms with van der Waals surface area (Å²) in [6, 6.07) is 0.767. The largest absolute Gasteiger partial charge is 0.481 e. The first-order chi connectivity index (χ1) is 10.1. The number of hydrogen-bond acceptors (Lipinski definition) is 4. The van der Waals surface area contributed by atoms with Gasteiger partial charge in [-0.05, 0) is 52.2 Å². The maximum Gasteiger partial charge on any atom is 0.305 e. The van der Waals surface area contributed by atoms with Gasteiger partial charge in [0.2, 0.25) is 0 Å². The topological polar surface area (TPSA) is 53.0 Å². The van der Waals surface area contributed by atoms with Crippen molar-refractivity contribution in [2.75, 3.05) is 39.8 Å². The van der Waals surface area contributed by atoms with Crippen molar-refractivity contribution in [1.29, 1.82) is 0 Å². The molecule has 0 amide bonds. The Balaban J connectivity index is 1.57. The minimum Gasteiger partial charge on any atom is -0.481 e. The molecule has 0 spiro atoms. The average molecular weight is 298 g/mol. The predicted molar refractivity (Wildman–Crippen MR) is 82.6 cm³/mol. The molecule has 2 heterocycles. The van der Waals surface area contributed by atoms with Gasteiger partial charge in [-0.2, -0.15) is 0 Å². The summed E-state index contributed by atoms with van der Waals surface area (Å²) in [4.78, 5) is 15.5. The van der Waals surface area contributed by atoms with E-state index in [-0.39, 0.29) is 12.5 Å². The average Bonchev–Trinajstić information content (AvgIpc) is 2.47. The molecule has 2 fully saturated rings. The number of carboxylic acid groups (broad SMARTS) is 1. The normalized spacial score (nSPS) is 26.0. The van der Waals surface area contributed by atoms with Gasteiger partial charge in [-0.1, -0.05) is 6.42 Å². The molecule has 122 valence electrons. The van der Waals surface area contributed by atoms with Crippen LogP contribution in [0.4, 0.5) is 0 Å². The van der Waals surface area contributed by atoms with Gasteiger partial charge in [-0.3, -0.25) is 4.79 Å². The molecule has 0 aromatic heterocycles. The monoisotopic (exact) mass is 298 g/mol. The number of ether oxygens (including phenoxy) is 1. The van der Waals surface area contributed by atoms with E-state index in [2.05, 4.69) is 16.8 Å². The van der Waals surface area contributed by atoms with Crippen molar-refractivity contribution in [1.82, 2.24) is 9.80 Å². The molecule has 5 heteroatoms. The van der Waals surface area contributed by atoms with Gasteiger partial charge in [0.25, 0.3) is 0 Å². The van der Waals surface area contributed by atoms with Crippen LogP contribution in [0.1, 0.15) is 44.9 Å². The number of carboxylic acids is 1. The Morgan fingerprint density at radius 2 is 1.95 bits per heavy atom. The molecule has 0 radical (unpaired) electrons. The first kappa shape index (κ1) is 16.7. The van der Waals surface area contributed by atoms with Gasteiger partial charge in [0.1, 0.15) is 0 Å². The van der Waals surface area contributed by atoms with Gasteiger partial charge in [-0.15, -0.1) is 0 Å². The number of likely N-dealkylation sites (tertiary alicyclic amines) is 2. The Hall–Kier alpha value is -0.650. The minimum absolute atomic E-state index is 0.119. The van der Waals surface area contributed by atoms with Crippen molar-refractivity contribution >= 4 is 5.97 Å². The summed E-state index contributed by atoms with van der Waals surface area (Å²) in [7, 11) is 2.26. The molecule has 1 atom stereocenters. The number of nitrogens with zero attached hydrogens (tertiary/aromatic N) is 2.